The number of pyridine rings is 1. The van der Waals surface area contributed by atoms with E-state index < -0.39 is 0 Å². The summed E-state index contributed by atoms with van der Waals surface area (Å²) in [7, 11) is 1.90. The zero-order valence-corrected chi connectivity index (χ0v) is 16.3. The number of nitrogens with one attached hydrogen (secondary N) is 1. The molecule has 1 amide bonds. The average Bonchev–Trinajstić information content (AvgIpc) is 3.31. The van der Waals surface area contributed by atoms with Gasteiger partial charge in [0.2, 0.25) is 5.91 Å². The van der Waals surface area contributed by atoms with Crippen molar-refractivity contribution >= 4 is 17.1 Å². The standard InChI is InChI=1S/C22H25N5O/c1-14-25-21-19(27(14)12-15-6-4-3-5-7-15)10-16(11-24-21)18-13-26(2)22(28)20-17(18)8-9-23-20/h3-7,10-11,17-18,20,23H,8-9,12-13H2,1-2H3. The topological polar surface area (TPSA) is 63.1 Å². The van der Waals surface area contributed by atoms with Gasteiger partial charge in [-0.15, -0.1) is 0 Å². The Hall–Kier alpha value is -2.73. The number of benzene rings is 1. The minimum absolute atomic E-state index is 0.0598. The first-order valence-electron chi connectivity index (χ1n) is 9.97. The second-order valence-corrected chi connectivity index (χ2v) is 8.05. The van der Waals surface area contributed by atoms with Crippen molar-refractivity contribution in [1.29, 1.82) is 0 Å². The monoisotopic (exact) mass is 375 g/mol. The van der Waals surface area contributed by atoms with E-state index in [-0.39, 0.29) is 11.9 Å². The summed E-state index contributed by atoms with van der Waals surface area (Å²) in [5.41, 5.74) is 4.32. The SMILES string of the molecule is Cc1nc2ncc(C3CN(C)C(=O)C4NCCC43)cc2n1Cc1ccccc1. The highest BCUT2D eigenvalue weighted by Gasteiger charge is 2.44. The maximum Gasteiger partial charge on any atom is 0.239 e. The molecule has 28 heavy (non-hydrogen) atoms. The highest BCUT2D eigenvalue weighted by Crippen LogP contribution is 2.38. The molecule has 4 heterocycles. The molecule has 2 fully saturated rings. The van der Waals surface area contributed by atoms with Crippen LogP contribution in [0.1, 0.15) is 29.3 Å². The predicted molar refractivity (Wildman–Crippen MR) is 108 cm³/mol. The van der Waals surface area contributed by atoms with Crippen molar-refractivity contribution in [2.75, 3.05) is 20.1 Å². The fraction of sp³-hybridized carbons (Fsp3) is 0.409. The van der Waals surface area contributed by atoms with Crippen LogP contribution < -0.4 is 5.32 Å². The number of likely N-dealkylation sites (tertiary alicyclic amines) is 1. The molecule has 2 aliphatic heterocycles. The van der Waals surface area contributed by atoms with Gasteiger partial charge in [0.05, 0.1) is 11.6 Å². The highest BCUT2D eigenvalue weighted by atomic mass is 16.2. The molecule has 0 spiro atoms. The fourth-order valence-corrected chi connectivity index (χ4v) is 4.84. The number of aryl methyl sites for hydroxylation is 1. The number of rotatable bonds is 3. The molecule has 0 aliphatic carbocycles. The lowest BCUT2D eigenvalue weighted by molar-refractivity contribution is -0.136. The molecule has 0 bridgehead atoms. The van der Waals surface area contributed by atoms with Crippen LogP contribution >= 0.6 is 0 Å². The molecule has 5 rings (SSSR count). The predicted octanol–water partition coefficient (Wildman–Crippen LogP) is 2.32. The summed E-state index contributed by atoms with van der Waals surface area (Å²) in [6, 6.07) is 12.6. The molecule has 3 atom stereocenters. The molecular formula is C22H25N5O. The van der Waals surface area contributed by atoms with Crippen LogP contribution in [-0.2, 0) is 11.3 Å². The molecule has 2 aliphatic rings. The van der Waals surface area contributed by atoms with E-state index in [0.29, 0.717) is 11.8 Å². The first-order valence-corrected chi connectivity index (χ1v) is 9.97. The zero-order valence-electron chi connectivity index (χ0n) is 16.3. The van der Waals surface area contributed by atoms with Crippen LogP contribution in [0, 0.1) is 12.8 Å². The van der Waals surface area contributed by atoms with Gasteiger partial charge in [-0.25, -0.2) is 9.97 Å². The maximum absolute atomic E-state index is 12.5. The Kier molecular flexibility index (Phi) is 4.16. The van der Waals surface area contributed by atoms with Crippen molar-refractivity contribution in [3.8, 4) is 0 Å². The van der Waals surface area contributed by atoms with Crippen LogP contribution in [-0.4, -0.2) is 51.5 Å². The lowest BCUT2D eigenvalue weighted by Crippen LogP contribution is -2.52. The smallest absolute Gasteiger partial charge is 0.239 e. The van der Waals surface area contributed by atoms with Gasteiger partial charge >= 0.3 is 0 Å². The number of likely N-dealkylation sites (N-methyl/N-ethyl adjacent to an activating group) is 1. The number of nitrogens with zero attached hydrogens (tertiary/aromatic N) is 4. The van der Waals surface area contributed by atoms with Crippen molar-refractivity contribution in [2.45, 2.75) is 31.8 Å². The third kappa shape index (κ3) is 2.79. The second-order valence-electron chi connectivity index (χ2n) is 8.05. The van der Waals surface area contributed by atoms with Gasteiger partial charge in [-0.1, -0.05) is 30.3 Å². The van der Waals surface area contributed by atoms with Crippen molar-refractivity contribution in [2.24, 2.45) is 5.92 Å². The molecule has 6 heteroatoms. The Labute approximate surface area is 164 Å². The van der Waals surface area contributed by atoms with E-state index in [1.54, 1.807) is 0 Å². The third-order valence-corrected chi connectivity index (χ3v) is 6.33. The Balaban J connectivity index is 1.54. The van der Waals surface area contributed by atoms with Gasteiger partial charge in [0, 0.05) is 32.3 Å². The van der Waals surface area contributed by atoms with Gasteiger partial charge < -0.3 is 14.8 Å². The van der Waals surface area contributed by atoms with Gasteiger partial charge in [0.15, 0.2) is 5.65 Å². The summed E-state index contributed by atoms with van der Waals surface area (Å²) in [6.45, 7) is 4.48. The van der Waals surface area contributed by atoms with E-state index in [1.165, 1.54) is 11.1 Å². The second kappa shape index (κ2) is 6.71. The van der Waals surface area contributed by atoms with Crippen LogP contribution in [0.5, 0.6) is 0 Å². The summed E-state index contributed by atoms with van der Waals surface area (Å²) < 4.78 is 2.24. The van der Waals surface area contributed by atoms with Gasteiger partial charge in [-0.05, 0) is 43.0 Å². The van der Waals surface area contributed by atoms with E-state index in [4.69, 9.17) is 0 Å². The highest BCUT2D eigenvalue weighted by molar-refractivity contribution is 5.84. The van der Waals surface area contributed by atoms with E-state index in [9.17, 15) is 4.79 Å². The van der Waals surface area contributed by atoms with Crippen LogP contribution in [0.15, 0.2) is 42.6 Å². The summed E-state index contributed by atoms with van der Waals surface area (Å²) in [5.74, 6) is 1.84. The number of imidazole rings is 1. The Bertz CT molecular complexity index is 1030. The number of amides is 1. The normalized spacial score (nSPS) is 24.7. The van der Waals surface area contributed by atoms with Crippen LogP contribution in [0.3, 0.4) is 0 Å². The Morgan fingerprint density at radius 1 is 1.25 bits per heavy atom. The average molecular weight is 375 g/mol. The van der Waals surface area contributed by atoms with Gasteiger partial charge in [-0.3, -0.25) is 4.79 Å². The first-order chi connectivity index (χ1) is 13.6. The van der Waals surface area contributed by atoms with E-state index in [1.807, 2.05) is 31.1 Å². The molecule has 3 aromatic rings. The molecule has 0 saturated carbocycles. The van der Waals surface area contributed by atoms with Gasteiger partial charge in [0.1, 0.15) is 5.82 Å². The van der Waals surface area contributed by atoms with Gasteiger partial charge in [0.25, 0.3) is 0 Å². The quantitative estimate of drug-likeness (QED) is 0.763. The molecule has 2 saturated heterocycles. The lowest BCUT2D eigenvalue weighted by Gasteiger charge is -2.38. The third-order valence-electron chi connectivity index (χ3n) is 6.33. The summed E-state index contributed by atoms with van der Waals surface area (Å²) in [5, 5.41) is 3.39. The van der Waals surface area contributed by atoms with Gasteiger partial charge in [-0.2, -0.15) is 0 Å². The number of piperidine rings is 1. The van der Waals surface area contributed by atoms with Crippen molar-refractivity contribution in [1.82, 2.24) is 24.8 Å². The molecular weight excluding hydrogens is 350 g/mol. The number of carbonyl (C=O) groups is 1. The maximum atomic E-state index is 12.5. The Morgan fingerprint density at radius 2 is 2.07 bits per heavy atom. The van der Waals surface area contributed by atoms with E-state index in [0.717, 1.165) is 43.0 Å². The number of hydrogen-bond donors (Lipinski definition) is 1. The van der Waals surface area contributed by atoms with Crippen LogP contribution in [0.4, 0.5) is 0 Å². The lowest BCUT2D eigenvalue weighted by atomic mass is 9.78. The first kappa shape index (κ1) is 17.4. The van der Waals surface area contributed by atoms with Crippen LogP contribution in [0.2, 0.25) is 0 Å². The molecule has 1 N–H and O–H groups in total. The number of hydrogen-bond acceptors (Lipinski definition) is 4. The zero-order chi connectivity index (χ0) is 19.3. The van der Waals surface area contributed by atoms with E-state index in [2.05, 4.69) is 50.2 Å². The summed E-state index contributed by atoms with van der Waals surface area (Å²) in [6.07, 6.45) is 3.00. The molecule has 3 unspecified atom stereocenters. The minimum atomic E-state index is -0.0598. The van der Waals surface area contributed by atoms with Crippen molar-refractivity contribution < 1.29 is 4.79 Å². The number of fused-ring (bicyclic) bond motifs is 2. The van der Waals surface area contributed by atoms with Crippen LogP contribution in [0.25, 0.3) is 11.2 Å². The summed E-state index contributed by atoms with van der Waals surface area (Å²) >= 11 is 0. The van der Waals surface area contributed by atoms with Crippen molar-refractivity contribution in [3.63, 3.8) is 0 Å². The Morgan fingerprint density at radius 3 is 2.89 bits per heavy atom. The van der Waals surface area contributed by atoms with Crippen molar-refractivity contribution in [3.05, 3.63) is 59.5 Å². The van der Waals surface area contributed by atoms with E-state index >= 15 is 0 Å². The molecule has 1 aromatic carbocycles. The fourth-order valence-electron chi connectivity index (χ4n) is 4.84. The minimum Gasteiger partial charge on any atom is -0.344 e. The largest absolute Gasteiger partial charge is 0.344 e. The molecule has 2 aromatic heterocycles. The molecule has 0 radical (unpaired) electrons. The number of aromatic nitrogens is 3. The summed E-state index contributed by atoms with van der Waals surface area (Å²) in [4.78, 5) is 23.7. The number of carbonyl (C=O) groups excluding carboxylic acids is 1. The molecule has 144 valence electrons. The molecule has 6 nitrogen and oxygen atoms in total.